The number of nitrogens with zero attached hydrogens (tertiary/aromatic N) is 1. The van der Waals surface area contributed by atoms with Gasteiger partial charge in [0.1, 0.15) is 0 Å². The van der Waals surface area contributed by atoms with Gasteiger partial charge in [0, 0.05) is 11.4 Å². The minimum absolute atomic E-state index is 0.575. The minimum Gasteiger partial charge on any atom is -0.288 e. The average Bonchev–Trinajstić information content (AvgIpc) is 2.34. The summed E-state index contributed by atoms with van der Waals surface area (Å²) in [5.41, 5.74) is 1.01. The molecule has 1 N–H and O–H groups in total. The van der Waals surface area contributed by atoms with Crippen molar-refractivity contribution in [3.63, 3.8) is 0 Å². The van der Waals surface area contributed by atoms with Crippen molar-refractivity contribution >= 4 is 17.0 Å². The molecule has 60 valence electrons. The van der Waals surface area contributed by atoms with Crippen LogP contribution < -0.4 is 5.06 Å². The van der Waals surface area contributed by atoms with Gasteiger partial charge in [-0.05, 0) is 23.8 Å². The van der Waals surface area contributed by atoms with Gasteiger partial charge in [0.2, 0.25) is 0 Å². The Labute approximate surface area is 70.0 Å². The molecule has 0 amide bonds. The molecule has 1 aromatic rings. The zero-order valence-corrected chi connectivity index (χ0v) is 7.27. The van der Waals surface area contributed by atoms with Crippen LogP contribution in [0.4, 0.5) is 5.69 Å². The van der Waals surface area contributed by atoms with Crippen LogP contribution in [0.15, 0.2) is 11.4 Å². The first kappa shape index (κ1) is 7.13. The normalized spacial score (nSPS) is 23.5. The Morgan fingerprint density at radius 1 is 1.73 bits per heavy atom. The highest BCUT2D eigenvalue weighted by Crippen LogP contribution is 2.32. The largest absolute Gasteiger partial charge is 0.288 e. The van der Waals surface area contributed by atoms with Crippen LogP contribution >= 0.6 is 11.3 Å². The Balaban J connectivity index is 2.36. The van der Waals surface area contributed by atoms with Crippen molar-refractivity contribution < 1.29 is 5.21 Å². The molecule has 0 spiro atoms. The summed E-state index contributed by atoms with van der Waals surface area (Å²) in [5, 5.41) is 12.9. The molecule has 3 heteroatoms. The molecule has 0 saturated carbocycles. The van der Waals surface area contributed by atoms with E-state index in [1.807, 2.05) is 11.4 Å². The highest BCUT2D eigenvalue weighted by atomic mass is 32.1. The van der Waals surface area contributed by atoms with Crippen LogP contribution in [0.2, 0.25) is 0 Å². The van der Waals surface area contributed by atoms with Gasteiger partial charge in [0.05, 0.1) is 5.69 Å². The van der Waals surface area contributed by atoms with E-state index in [2.05, 4.69) is 6.92 Å². The van der Waals surface area contributed by atoms with Crippen LogP contribution in [0.5, 0.6) is 0 Å². The van der Waals surface area contributed by atoms with E-state index >= 15 is 0 Å². The molecule has 0 fully saturated rings. The zero-order chi connectivity index (χ0) is 7.84. The van der Waals surface area contributed by atoms with Gasteiger partial charge in [-0.15, -0.1) is 11.3 Å². The van der Waals surface area contributed by atoms with E-state index in [0.717, 1.165) is 18.7 Å². The van der Waals surface area contributed by atoms with Gasteiger partial charge in [-0.3, -0.25) is 10.3 Å². The molecule has 2 nitrogen and oxygen atoms in total. The third-order valence-electron chi connectivity index (χ3n) is 2.02. The fourth-order valence-electron chi connectivity index (χ4n) is 1.49. The summed E-state index contributed by atoms with van der Waals surface area (Å²) >= 11 is 1.73. The van der Waals surface area contributed by atoms with Crippen LogP contribution in [-0.4, -0.2) is 11.8 Å². The number of rotatable bonds is 0. The summed E-state index contributed by atoms with van der Waals surface area (Å²) in [7, 11) is 0. The lowest BCUT2D eigenvalue weighted by atomic mass is 10.0. The van der Waals surface area contributed by atoms with Crippen LogP contribution in [0.3, 0.4) is 0 Å². The zero-order valence-electron chi connectivity index (χ0n) is 6.45. The summed E-state index contributed by atoms with van der Waals surface area (Å²) in [6.45, 7) is 2.93. The van der Waals surface area contributed by atoms with Crippen molar-refractivity contribution in [1.29, 1.82) is 0 Å². The number of thiophene rings is 1. The predicted molar refractivity (Wildman–Crippen MR) is 46.3 cm³/mol. The third kappa shape index (κ3) is 1.14. The van der Waals surface area contributed by atoms with Gasteiger partial charge < -0.3 is 0 Å². The first-order valence-corrected chi connectivity index (χ1v) is 4.68. The Morgan fingerprint density at radius 2 is 2.55 bits per heavy atom. The van der Waals surface area contributed by atoms with Gasteiger partial charge in [-0.1, -0.05) is 6.92 Å². The molecule has 1 aliphatic heterocycles. The topological polar surface area (TPSA) is 23.5 Å². The summed E-state index contributed by atoms with van der Waals surface area (Å²) < 4.78 is 0. The molecule has 2 heterocycles. The Bertz CT molecular complexity index is 258. The average molecular weight is 169 g/mol. The molecule has 1 unspecified atom stereocenters. The number of fused-ring (bicyclic) bond motifs is 1. The molecule has 0 aliphatic carbocycles. The fourth-order valence-corrected chi connectivity index (χ4v) is 2.53. The second-order valence-electron chi connectivity index (χ2n) is 3.12. The summed E-state index contributed by atoms with van der Waals surface area (Å²) in [5.74, 6) is 0.575. The number of hydroxylamine groups is 1. The smallest absolute Gasteiger partial charge is 0.0773 e. The molecule has 2 rings (SSSR count). The maximum absolute atomic E-state index is 9.46. The Kier molecular flexibility index (Phi) is 1.62. The number of hydrogen-bond acceptors (Lipinski definition) is 3. The van der Waals surface area contributed by atoms with E-state index in [4.69, 9.17) is 0 Å². The highest BCUT2D eigenvalue weighted by molar-refractivity contribution is 7.10. The predicted octanol–water partition coefficient (Wildman–Crippen LogP) is 2.14. The molecule has 0 radical (unpaired) electrons. The van der Waals surface area contributed by atoms with E-state index in [1.54, 1.807) is 11.3 Å². The van der Waals surface area contributed by atoms with Gasteiger partial charge in [0.15, 0.2) is 0 Å². The molecule has 1 aliphatic rings. The van der Waals surface area contributed by atoms with Crippen molar-refractivity contribution in [1.82, 2.24) is 0 Å². The van der Waals surface area contributed by atoms with Gasteiger partial charge in [-0.2, -0.15) is 0 Å². The summed E-state index contributed by atoms with van der Waals surface area (Å²) in [6, 6.07) is 1.98. The molecule has 11 heavy (non-hydrogen) atoms. The first-order valence-electron chi connectivity index (χ1n) is 3.80. The van der Waals surface area contributed by atoms with Crippen molar-refractivity contribution in [2.45, 2.75) is 13.3 Å². The van der Waals surface area contributed by atoms with E-state index < -0.39 is 0 Å². The monoisotopic (exact) mass is 169 g/mol. The lowest BCUT2D eigenvalue weighted by molar-refractivity contribution is 0.228. The van der Waals surface area contributed by atoms with E-state index in [-0.39, 0.29) is 0 Å². The van der Waals surface area contributed by atoms with E-state index in [0.29, 0.717) is 5.92 Å². The lowest BCUT2D eigenvalue weighted by Crippen LogP contribution is -2.30. The van der Waals surface area contributed by atoms with Gasteiger partial charge in [0.25, 0.3) is 0 Å². The fraction of sp³-hybridized carbons (Fsp3) is 0.500. The molecule has 0 bridgehead atoms. The summed E-state index contributed by atoms with van der Waals surface area (Å²) in [4.78, 5) is 1.31. The van der Waals surface area contributed by atoms with Gasteiger partial charge in [-0.25, -0.2) is 0 Å². The third-order valence-corrected chi connectivity index (χ3v) is 2.95. The lowest BCUT2D eigenvalue weighted by Gasteiger charge is -2.26. The Hall–Kier alpha value is -0.540. The second kappa shape index (κ2) is 2.50. The maximum Gasteiger partial charge on any atom is 0.0773 e. The van der Waals surface area contributed by atoms with Crippen LogP contribution in [0.25, 0.3) is 0 Å². The van der Waals surface area contributed by atoms with Crippen molar-refractivity contribution in [2.75, 3.05) is 11.6 Å². The SMILES string of the molecule is CC1Cc2sccc2N(O)C1. The van der Waals surface area contributed by atoms with E-state index in [1.165, 1.54) is 9.94 Å². The van der Waals surface area contributed by atoms with E-state index in [9.17, 15) is 5.21 Å². The van der Waals surface area contributed by atoms with Gasteiger partial charge >= 0.3 is 0 Å². The molecule has 1 aromatic heterocycles. The van der Waals surface area contributed by atoms with Crippen molar-refractivity contribution in [3.8, 4) is 0 Å². The Morgan fingerprint density at radius 3 is 3.36 bits per heavy atom. The van der Waals surface area contributed by atoms with Crippen LogP contribution in [0.1, 0.15) is 11.8 Å². The quantitative estimate of drug-likeness (QED) is 0.643. The first-order chi connectivity index (χ1) is 5.27. The van der Waals surface area contributed by atoms with Crippen molar-refractivity contribution in [2.24, 2.45) is 5.92 Å². The second-order valence-corrected chi connectivity index (χ2v) is 4.12. The van der Waals surface area contributed by atoms with Crippen LogP contribution in [-0.2, 0) is 6.42 Å². The number of anilines is 1. The highest BCUT2D eigenvalue weighted by Gasteiger charge is 2.20. The molecular formula is C8H11NOS. The molecule has 0 aromatic carbocycles. The van der Waals surface area contributed by atoms with Crippen molar-refractivity contribution in [3.05, 3.63) is 16.3 Å². The molecular weight excluding hydrogens is 158 g/mol. The minimum atomic E-state index is 0.575. The van der Waals surface area contributed by atoms with Crippen LogP contribution in [0, 0.1) is 5.92 Å². The summed E-state index contributed by atoms with van der Waals surface area (Å²) in [6.07, 6.45) is 1.12. The number of hydrogen-bond donors (Lipinski definition) is 1. The maximum atomic E-state index is 9.46. The molecule has 1 atom stereocenters. The standard InChI is InChI=1S/C8H11NOS/c1-6-4-8-7(2-3-11-8)9(10)5-6/h2-3,6,10H,4-5H2,1H3. The molecule has 0 saturated heterocycles.